The molecule has 112 valence electrons. The van der Waals surface area contributed by atoms with Gasteiger partial charge in [-0.2, -0.15) is 0 Å². The molecule has 0 unspecified atom stereocenters. The third kappa shape index (κ3) is 4.76. The van der Waals surface area contributed by atoms with Gasteiger partial charge in [-0.15, -0.1) is 0 Å². The molecule has 1 amide bonds. The fourth-order valence-corrected chi connectivity index (χ4v) is 2.18. The van der Waals surface area contributed by atoms with Crippen LogP contribution in [0.4, 0.5) is 11.4 Å². The number of nitrogens with zero attached hydrogens (tertiary/aromatic N) is 1. The van der Waals surface area contributed by atoms with Crippen LogP contribution in [0.3, 0.4) is 0 Å². The number of amides is 1. The lowest BCUT2D eigenvalue weighted by molar-refractivity contribution is -0.119. The van der Waals surface area contributed by atoms with Crippen LogP contribution in [0.5, 0.6) is 0 Å². The second-order valence-corrected chi connectivity index (χ2v) is 5.25. The number of hydrogen-bond acceptors (Lipinski definition) is 3. The van der Waals surface area contributed by atoms with Gasteiger partial charge < -0.3 is 15.5 Å². The van der Waals surface area contributed by atoms with Crippen LogP contribution in [0.1, 0.15) is 33.3 Å². The number of benzene rings is 1. The van der Waals surface area contributed by atoms with Crippen LogP contribution in [0.15, 0.2) is 18.2 Å². The molecule has 4 heteroatoms. The van der Waals surface area contributed by atoms with E-state index in [1.807, 2.05) is 19.9 Å². The third-order valence-corrected chi connectivity index (χ3v) is 3.23. The van der Waals surface area contributed by atoms with Crippen molar-refractivity contribution < 1.29 is 4.79 Å². The Morgan fingerprint density at radius 3 is 2.40 bits per heavy atom. The van der Waals surface area contributed by atoms with Crippen molar-refractivity contribution >= 4 is 17.3 Å². The van der Waals surface area contributed by atoms with E-state index in [0.29, 0.717) is 6.54 Å². The van der Waals surface area contributed by atoms with Gasteiger partial charge in [-0.25, -0.2) is 0 Å². The molecule has 1 aromatic rings. The van der Waals surface area contributed by atoms with E-state index in [2.05, 4.69) is 48.4 Å². The largest absolute Gasteiger partial charge is 0.376 e. The Balaban J connectivity index is 2.66. The van der Waals surface area contributed by atoms with E-state index in [1.165, 1.54) is 5.69 Å². The lowest BCUT2D eigenvalue weighted by Gasteiger charge is -2.22. The molecule has 0 aliphatic carbocycles. The first-order valence-electron chi connectivity index (χ1n) is 7.36. The van der Waals surface area contributed by atoms with Crippen molar-refractivity contribution in [3.05, 3.63) is 23.8 Å². The van der Waals surface area contributed by atoms with Crippen molar-refractivity contribution in [1.29, 1.82) is 0 Å². The summed E-state index contributed by atoms with van der Waals surface area (Å²) in [5.41, 5.74) is 3.40. The zero-order valence-electron chi connectivity index (χ0n) is 13.3. The molecule has 0 heterocycles. The van der Waals surface area contributed by atoms with Crippen molar-refractivity contribution in [1.82, 2.24) is 5.32 Å². The normalized spacial score (nSPS) is 10.5. The summed E-state index contributed by atoms with van der Waals surface area (Å²) in [6, 6.07) is 6.49. The number of hydrogen-bond donors (Lipinski definition) is 2. The van der Waals surface area contributed by atoms with Crippen LogP contribution in [0.25, 0.3) is 0 Å². The third-order valence-electron chi connectivity index (χ3n) is 3.23. The zero-order chi connectivity index (χ0) is 15.1. The van der Waals surface area contributed by atoms with Gasteiger partial charge >= 0.3 is 0 Å². The first-order valence-corrected chi connectivity index (χ1v) is 7.36. The SMILES string of the molecule is CCN(CC)c1ccc(NCC(=O)NC(C)C)c(C)c1. The van der Waals surface area contributed by atoms with Crippen molar-refractivity contribution in [3.63, 3.8) is 0 Å². The molecule has 1 rings (SSSR count). The first-order chi connectivity index (χ1) is 9.47. The Kier molecular flexibility index (Phi) is 6.36. The molecule has 0 aliphatic heterocycles. The summed E-state index contributed by atoms with van der Waals surface area (Å²) in [6.45, 7) is 12.6. The molecular weight excluding hydrogens is 250 g/mol. The predicted molar refractivity (Wildman–Crippen MR) is 86.5 cm³/mol. The highest BCUT2D eigenvalue weighted by atomic mass is 16.1. The summed E-state index contributed by atoms with van der Waals surface area (Å²) in [6.07, 6.45) is 0. The molecule has 0 saturated carbocycles. The van der Waals surface area contributed by atoms with Crippen molar-refractivity contribution in [2.75, 3.05) is 29.9 Å². The molecule has 0 aliphatic rings. The van der Waals surface area contributed by atoms with Gasteiger partial charge in [-0.1, -0.05) is 0 Å². The number of nitrogens with one attached hydrogen (secondary N) is 2. The van der Waals surface area contributed by atoms with Crippen LogP contribution in [-0.4, -0.2) is 31.6 Å². The molecule has 2 N–H and O–H groups in total. The molecule has 1 aromatic carbocycles. The summed E-state index contributed by atoms with van der Waals surface area (Å²) < 4.78 is 0. The standard InChI is InChI=1S/C16H27N3O/c1-6-19(7-2)14-8-9-15(13(5)10-14)17-11-16(20)18-12(3)4/h8-10,12,17H,6-7,11H2,1-5H3,(H,18,20). The fourth-order valence-electron chi connectivity index (χ4n) is 2.18. The Morgan fingerprint density at radius 1 is 1.25 bits per heavy atom. The summed E-state index contributed by atoms with van der Waals surface area (Å²) in [4.78, 5) is 13.9. The van der Waals surface area contributed by atoms with Gasteiger partial charge in [0.05, 0.1) is 6.54 Å². The van der Waals surface area contributed by atoms with Gasteiger partial charge in [0.15, 0.2) is 0 Å². The van der Waals surface area contributed by atoms with Crippen LogP contribution in [0.2, 0.25) is 0 Å². The van der Waals surface area contributed by atoms with Gasteiger partial charge in [0.2, 0.25) is 5.91 Å². The first kappa shape index (κ1) is 16.3. The molecule has 0 radical (unpaired) electrons. The number of anilines is 2. The second-order valence-electron chi connectivity index (χ2n) is 5.25. The van der Waals surface area contributed by atoms with Crippen LogP contribution >= 0.6 is 0 Å². The zero-order valence-corrected chi connectivity index (χ0v) is 13.3. The van der Waals surface area contributed by atoms with E-state index < -0.39 is 0 Å². The number of carbonyl (C=O) groups excluding carboxylic acids is 1. The minimum atomic E-state index is 0.0206. The highest BCUT2D eigenvalue weighted by molar-refractivity contribution is 5.81. The average molecular weight is 277 g/mol. The lowest BCUT2D eigenvalue weighted by Crippen LogP contribution is -2.34. The number of carbonyl (C=O) groups is 1. The predicted octanol–water partition coefficient (Wildman–Crippen LogP) is 2.78. The van der Waals surface area contributed by atoms with Gasteiger partial charge in [-0.05, 0) is 58.4 Å². The van der Waals surface area contributed by atoms with E-state index in [4.69, 9.17) is 0 Å². The molecule has 0 atom stereocenters. The van der Waals surface area contributed by atoms with Crippen molar-refractivity contribution in [2.45, 2.75) is 40.7 Å². The van der Waals surface area contributed by atoms with E-state index in [1.54, 1.807) is 0 Å². The second kappa shape index (κ2) is 7.78. The Bertz CT molecular complexity index is 439. The molecule has 20 heavy (non-hydrogen) atoms. The van der Waals surface area contributed by atoms with Crippen molar-refractivity contribution in [2.24, 2.45) is 0 Å². The van der Waals surface area contributed by atoms with Gasteiger partial charge in [0.25, 0.3) is 0 Å². The smallest absolute Gasteiger partial charge is 0.239 e. The van der Waals surface area contributed by atoms with Gasteiger partial charge in [-0.3, -0.25) is 4.79 Å². The number of rotatable bonds is 7. The van der Waals surface area contributed by atoms with Crippen LogP contribution < -0.4 is 15.5 Å². The average Bonchev–Trinajstić information content (AvgIpc) is 2.38. The maximum atomic E-state index is 11.6. The van der Waals surface area contributed by atoms with Crippen LogP contribution in [-0.2, 0) is 4.79 Å². The van der Waals surface area contributed by atoms with Gasteiger partial charge in [0, 0.05) is 30.5 Å². The summed E-state index contributed by atoms with van der Waals surface area (Å²) in [7, 11) is 0. The van der Waals surface area contributed by atoms with E-state index in [-0.39, 0.29) is 11.9 Å². The van der Waals surface area contributed by atoms with E-state index in [0.717, 1.165) is 24.3 Å². The Morgan fingerprint density at radius 2 is 1.90 bits per heavy atom. The van der Waals surface area contributed by atoms with E-state index >= 15 is 0 Å². The molecular formula is C16H27N3O. The lowest BCUT2D eigenvalue weighted by atomic mass is 10.1. The maximum absolute atomic E-state index is 11.6. The molecule has 0 saturated heterocycles. The maximum Gasteiger partial charge on any atom is 0.239 e. The minimum absolute atomic E-state index is 0.0206. The topological polar surface area (TPSA) is 44.4 Å². The highest BCUT2D eigenvalue weighted by Crippen LogP contribution is 2.22. The molecule has 0 bridgehead atoms. The highest BCUT2D eigenvalue weighted by Gasteiger charge is 2.07. The van der Waals surface area contributed by atoms with Crippen LogP contribution in [0, 0.1) is 6.92 Å². The quantitative estimate of drug-likeness (QED) is 0.805. The molecule has 0 aromatic heterocycles. The Labute approximate surface area is 122 Å². The summed E-state index contributed by atoms with van der Waals surface area (Å²) >= 11 is 0. The summed E-state index contributed by atoms with van der Waals surface area (Å²) in [5.74, 6) is 0.0206. The molecule has 4 nitrogen and oxygen atoms in total. The summed E-state index contributed by atoms with van der Waals surface area (Å²) in [5, 5.41) is 6.06. The monoisotopic (exact) mass is 277 g/mol. The molecule has 0 fully saturated rings. The van der Waals surface area contributed by atoms with Gasteiger partial charge in [0.1, 0.15) is 0 Å². The fraction of sp³-hybridized carbons (Fsp3) is 0.562. The number of aryl methyl sites for hydroxylation is 1. The molecule has 0 spiro atoms. The van der Waals surface area contributed by atoms with E-state index in [9.17, 15) is 4.79 Å². The van der Waals surface area contributed by atoms with Crippen molar-refractivity contribution in [3.8, 4) is 0 Å². The Hall–Kier alpha value is -1.71. The minimum Gasteiger partial charge on any atom is -0.376 e.